The Hall–Kier alpha value is -1.21. The van der Waals surface area contributed by atoms with Crippen molar-refractivity contribution in [1.82, 2.24) is 14.3 Å². The van der Waals surface area contributed by atoms with Crippen molar-refractivity contribution in [2.75, 3.05) is 19.4 Å². The number of hydrogen-bond donors (Lipinski definition) is 1. The molecule has 0 aromatic carbocycles. The lowest BCUT2D eigenvalue weighted by atomic mass is 10.7. The molecule has 1 aliphatic rings. The van der Waals surface area contributed by atoms with Gasteiger partial charge in [0.2, 0.25) is 16.0 Å². The van der Waals surface area contributed by atoms with Crippen molar-refractivity contribution in [3.63, 3.8) is 0 Å². The van der Waals surface area contributed by atoms with E-state index in [0.717, 1.165) is 12.8 Å². The molecule has 0 radical (unpaired) electrons. The molecule has 88 valence electrons. The summed E-state index contributed by atoms with van der Waals surface area (Å²) < 4.78 is 25.5. The van der Waals surface area contributed by atoms with Crippen LogP contribution in [-0.2, 0) is 10.0 Å². The van der Waals surface area contributed by atoms with Gasteiger partial charge in [-0.3, -0.25) is 0 Å². The third kappa shape index (κ3) is 2.00. The smallest absolute Gasteiger partial charge is 0.246 e. The van der Waals surface area contributed by atoms with Gasteiger partial charge in [-0.05, 0) is 12.8 Å². The summed E-state index contributed by atoms with van der Waals surface area (Å²) in [6.45, 7) is 0. The third-order valence-corrected chi connectivity index (χ3v) is 4.45. The van der Waals surface area contributed by atoms with E-state index in [1.807, 2.05) is 0 Å². The molecule has 1 saturated carbocycles. The number of nitrogens with zero attached hydrogens (tertiary/aromatic N) is 3. The van der Waals surface area contributed by atoms with Crippen LogP contribution in [0.2, 0.25) is 0 Å². The lowest BCUT2D eigenvalue weighted by Crippen LogP contribution is -2.29. The second-order valence-corrected chi connectivity index (χ2v) is 5.74. The van der Waals surface area contributed by atoms with Crippen molar-refractivity contribution in [3.05, 3.63) is 12.4 Å². The first kappa shape index (κ1) is 11.3. The Kier molecular flexibility index (Phi) is 2.81. The van der Waals surface area contributed by atoms with Gasteiger partial charge in [0.1, 0.15) is 4.90 Å². The van der Waals surface area contributed by atoms with Gasteiger partial charge in [0.25, 0.3) is 0 Å². The molecule has 7 heteroatoms. The molecule has 0 aliphatic heterocycles. The van der Waals surface area contributed by atoms with E-state index < -0.39 is 10.0 Å². The first-order valence-corrected chi connectivity index (χ1v) is 6.47. The number of sulfonamides is 1. The van der Waals surface area contributed by atoms with Crippen molar-refractivity contribution in [1.29, 1.82) is 0 Å². The largest absolute Gasteiger partial charge is 0.357 e. The van der Waals surface area contributed by atoms with Crippen LogP contribution in [0.1, 0.15) is 12.8 Å². The van der Waals surface area contributed by atoms with Crippen molar-refractivity contribution >= 4 is 16.0 Å². The molecule has 0 amide bonds. The zero-order chi connectivity index (χ0) is 11.8. The summed E-state index contributed by atoms with van der Waals surface area (Å²) in [4.78, 5) is 7.93. The van der Waals surface area contributed by atoms with Crippen LogP contribution in [0, 0.1) is 0 Å². The van der Waals surface area contributed by atoms with E-state index >= 15 is 0 Å². The van der Waals surface area contributed by atoms with Crippen LogP contribution < -0.4 is 5.32 Å². The highest BCUT2D eigenvalue weighted by molar-refractivity contribution is 7.89. The van der Waals surface area contributed by atoms with Crippen LogP contribution in [-0.4, -0.2) is 42.8 Å². The maximum absolute atomic E-state index is 12.0. The molecule has 6 nitrogen and oxygen atoms in total. The number of anilines is 1. The minimum Gasteiger partial charge on any atom is -0.357 e. The Morgan fingerprint density at radius 1 is 1.38 bits per heavy atom. The second kappa shape index (κ2) is 3.99. The average Bonchev–Trinajstić information content (AvgIpc) is 3.12. The highest BCUT2D eigenvalue weighted by Crippen LogP contribution is 2.29. The molecule has 2 rings (SSSR count). The van der Waals surface area contributed by atoms with E-state index in [1.54, 1.807) is 14.1 Å². The van der Waals surface area contributed by atoms with Crippen LogP contribution in [0.4, 0.5) is 5.95 Å². The van der Waals surface area contributed by atoms with E-state index in [4.69, 9.17) is 0 Å². The quantitative estimate of drug-likeness (QED) is 0.822. The Balaban J connectivity index is 2.27. The molecule has 1 fully saturated rings. The minimum absolute atomic E-state index is 0.140. The standard InChI is InChI=1S/C9H14N4O2S/c1-10-9-11-5-8(6-12-9)16(14,15)13(2)7-3-4-7/h5-7H,3-4H2,1-2H3,(H,10,11,12). The Morgan fingerprint density at radius 3 is 2.38 bits per heavy atom. The predicted molar refractivity (Wildman–Crippen MR) is 59.5 cm³/mol. The molecule has 1 N–H and O–H groups in total. The maximum atomic E-state index is 12.0. The van der Waals surface area contributed by atoms with Crippen LogP contribution in [0.15, 0.2) is 17.3 Å². The molecule has 1 aromatic rings. The van der Waals surface area contributed by atoms with Gasteiger partial charge in [0, 0.05) is 20.1 Å². The summed E-state index contributed by atoms with van der Waals surface area (Å²) >= 11 is 0. The average molecular weight is 242 g/mol. The molecular weight excluding hydrogens is 228 g/mol. The Labute approximate surface area is 94.8 Å². The van der Waals surface area contributed by atoms with Gasteiger partial charge < -0.3 is 5.32 Å². The number of rotatable bonds is 4. The molecule has 16 heavy (non-hydrogen) atoms. The van der Waals surface area contributed by atoms with Gasteiger partial charge in [-0.15, -0.1) is 0 Å². The van der Waals surface area contributed by atoms with Crippen molar-refractivity contribution < 1.29 is 8.42 Å². The van der Waals surface area contributed by atoms with Gasteiger partial charge in [0.15, 0.2) is 0 Å². The number of nitrogens with one attached hydrogen (secondary N) is 1. The Morgan fingerprint density at radius 2 is 1.94 bits per heavy atom. The van der Waals surface area contributed by atoms with Crippen LogP contribution in [0.5, 0.6) is 0 Å². The molecular formula is C9H14N4O2S. The van der Waals surface area contributed by atoms with Gasteiger partial charge in [-0.1, -0.05) is 0 Å². The predicted octanol–water partition coefficient (Wildman–Crippen LogP) is 0.301. The molecule has 0 unspecified atom stereocenters. The highest BCUT2D eigenvalue weighted by atomic mass is 32.2. The normalized spacial score (nSPS) is 16.4. The van der Waals surface area contributed by atoms with Gasteiger partial charge >= 0.3 is 0 Å². The van der Waals surface area contributed by atoms with Crippen molar-refractivity contribution in [2.45, 2.75) is 23.8 Å². The highest BCUT2D eigenvalue weighted by Gasteiger charge is 2.35. The first-order chi connectivity index (χ1) is 7.55. The van der Waals surface area contributed by atoms with E-state index in [2.05, 4.69) is 15.3 Å². The molecule has 1 aromatic heterocycles. The van der Waals surface area contributed by atoms with Gasteiger partial charge in [-0.25, -0.2) is 18.4 Å². The van der Waals surface area contributed by atoms with Crippen LogP contribution in [0.25, 0.3) is 0 Å². The fourth-order valence-corrected chi connectivity index (χ4v) is 2.69. The maximum Gasteiger partial charge on any atom is 0.246 e. The van der Waals surface area contributed by atoms with Gasteiger partial charge in [-0.2, -0.15) is 4.31 Å². The number of hydrogen-bond acceptors (Lipinski definition) is 5. The Bertz CT molecular complexity index is 467. The summed E-state index contributed by atoms with van der Waals surface area (Å²) in [6, 6.07) is 0.147. The SMILES string of the molecule is CNc1ncc(S(=O)(=O)N(C)C2CC2)cn1. The van der Waals surface area contributed by atoms with E-state index in [1.165, 1.54) is 16.7 Å². The van der Waals surface area contributed by atoms with Gasteiger partial charge in [0.05, 0.1) is 12.4 Å². The zero-order valence-corrected chi connectivity index (χ0v) is 10.0. The molecule has 0 spiro atoms. The second-order valence-electron chi connectivity index (χ2n) is 3.74. The molecule has 0 bridgehead atoms. The van der Waals surface area contributed by atoms with Crippen molar-refractivity contribution in [2.24, 2.45) is 0 Å². The fraction of sp³-hybridized carbons (Fsp3) is 0.556. The van der Waals surface area contributed by atoms with E-state index in [9.17, 15) is 8.42 Å². The first-order valence-electron chi connectivity index (χ1n) is 5.03. The molecule has 1 aliphatic carbocycles. The van der Waals surface area contributed by atoms with Crippen LogP contribution >= 0.6 is 0 Å². The lowest BCUT2D eigenvalue weighted by molar-refractivity contribution is 0.463. The third-order valence-electron chi connectivity index (χ3n) is 2.59. The summed E-state index contributed by atoms with van der Waals surface area (Å²) in [5, 5.41) is 2.74. The van der Waals surface area contributed by atoms with Crippen molar-refractivity contribution in [3.8, 4) is 0 Å². The van der Waals surface area contributed by atoms with E-state index in [0.29, 0.717) is 5.95 Å². The summed E-state index contributed by atoms with van der Waals surface area (Å²) in [6.07, 6.45) is 4.52. The summed E-state index contributed by atoms with van der Waals surface area (Å²) in [5.41, 5.74) is 0. The lowest BCUT2D eigenvalue weighted by Gasteiger charge is -2.15. The molecule has 0 saturated heterocycles. The van der Waals surface area contributed by atoms with E-state index in [-0.39, 0.29) is 10.9 Å². The topological polar surface area (TPSA) is 75.2 Å². The molecule has 1 heterocycles. The number of aromatic nitrogens is 2. The monoisotopic (exact) mass is 242 g/mol. The summed E-state index contributed by atoms with van der Waals surface area (Å²) in [7, 11) is -0.144. The minimum atomic E-state index is -3.42. The fourth-order valence-electron chi connectivity index (χ4n) is 1.38. The molecule has 0 atom stereocenters. The summed E-state index contributed by atoms with van der Waals surface area (Å²) in [5.74, 6) is 0.410. The zero-order valence-electron chi connectivity index (χ0n) is 9.21. The van der Waals surface area contributed by atoms with Crippen LogP contribution in [0.3, 0.4) is 0 Å².